The molecule has 1 N–H and O–H groups in total. The number of benzene rings is 3. The van der Waals surface area contributed by atoms with Crippen LogP contribution in [0.5, 0.6) is 0 Å². The molecule has 150 valence electrons. The summed E-state index contributed by atoms with van der Waals surface area (Å²) in [5.74, 6) is -0.208. The Hall–Kier alpha value is -3.12. The maximum Gasteiger partial charge on any atom is 0.264 e. The maximum absolute atomic E-state index is 12.7. The summed E-state index contributed by atoms with van der Waals surface area (Å²) in [6.45, 7) is 3.95. The van der Waals surface area contributed by atoms with Crippen LogP contribution in [0, 0.1) is 6.92 Å². The van der Waals surface area contributed by atoms with Crippen molar-refractivity contribution in [2.75, 3.05) is 11.4 Å². The van der Waals surface area contributed by atoms with Gasteiger partial charge in [-0.1, -0.05) is 42.5 Å². The summed E-state index contributed by atoms with van der Waals surface area (Å²) in [5, 5.41) is 2.99. The van der Waals surface area contributed by atoms with E-state index >= 15 is 0 Å². The summed E-state index contributed by atoms with van der Waals surface area (Å²) >= 11 is 0. The van der Waals surface area contributed by atoms with Crippen molar-refractivity contribution in [3.8, 4) is 0 Å². The lowest BCUT2D eigenvalue weighted by Crippen LogP contribution is -2.28. The first-order chi connectivity index (χ1) is 13.8. The van der Waals surface area contributed by atoms with E-state index < -0.39 is 10.0 Å². The standard InChI is InChI=1S/C23H24N2O3S/c1-17-9-7-8-12-22(17)18(2)24-23(26)19-13-15-20(16-14-19)25(3)29(27,28)21-10-5-4-6-11-21/h4-16,18H,1-3H3,(H,24,26)/t18-/m1/s1. The van der Waals surface area contributed by atoms with Crippen molar-refractivity contribution in [3.05, 3.63) is 95.6 Å². The van der Waals surface area contributed by atoms with Crippen LogP contribution in [-0.2, 0) is 10.0 Å². The molecule has 0 aliphatic carbocycles. The zero-order valence-electron chi connectivity index (χ0n) is 16.7. The summed E-state index contributed by atoms with van der Waals surface area (Å²) in [7, 11) is -2.15. The monoisotopic (exact) mass is 408 g/mol. The minimum absolute atomic E-state index is 0.135. The highest BCUT2D eigenvalue weighted by Gasteiger charge is 2.21. The van der Waals surface area contributed by atoms with Crippen molar-refractivity contribution < 1.29 is 13.2 Å². The van der Waals surface area contributed by atoms with Gasteiger partial charge in [0, 0.05) is 12.6 Å². The zero-order chi connectivity index (χ0) is 21.0. The van der Waals surface area contributed by atoms with E-state index in [9.17, 15) is 13.2 Å². The Bertz CT molecular complexity index is 1090. The molecule has 0 aromatic heterocycles. The third-order valence-corrected chi connectivity index (χ3v) is 6.70. The zero-order valence-corrected chi connectivity index (χ0v) is 17.5. The quantitative estimate of drug-likeness (QED) is 0.661. The number of sulfonamides is 1. The van der Waals surface area contributed by atoms with Gasteiger partial charge in [-0.05, 0) is 61.4 Å². The normalized spacial score (nSPS) is 12.2. The Morgan fingerprint density at radius 1 is 0.897 bits per heavy atom. The van der Waals surface area contributed by atoms with E-state index in [1.54, 1.807) is 54.6 Å². The number of nitrogens with one attached hydrogen (secondary N) is 1. The van der Waals surface area contributed by atoms with Crippen LogP contribution < -0.4 is 9.62 Å². The van der Waals surface area contributed by atoms with Crippen molar-refractivity contribution in [3.63, 3.8) is 0 Å². The van der Waals surface area contributed by atoms with Gasteiger partial charge in [-0.25, -0.2) is 8.42 Å². The highest BCUT2D eigenvalue weighted by atomic mass is 32.2. The summed E-state index contributed by atoms with van der Waals surface area (Å²) in [6, 6.07) is 22.6. The van der Waals surface area contributed by atoms with E-state index in [-0.39, 0.29) is 16.8 Å². The third-order valence-electron chi connectivity index (χ3n) is 4.90. The highest BCUT2D eigenvalue weighted by Crippen LogP contribution is 2.23. The van der Waals surface area contributed by atoms with Gasteiger partial charge < -0.3 is 5.32 Å². The molecule has 6 heteroatoms. The Kier molecular flexibility index (Phi) is 6.03. The predicted molar refractivity (Wildman–Crippen MR) is 116 cm³/mol. The van der Waals surface area contributed by atoms with E-state index in [4.69, 9.17) is 0 Å². The smallest absolute Gasteiger partial charge is 0.264 e. The van der Waals surface area contributed by atoms with Gasteiger partial charge in [0.2, 0.25) is 0 Å². The largest absolute Gasteiger partial charge is 0.346 e. The van der Waals surface area contributed by atoms with Crippen LogP contribution in [0.2, 0.25) is 0 Å². The van der Waals surface area contributed by atoms with Crippen LogP contribution >= 0.6 is 0 Å². The lowest BCUT2D eigenvalue weighted by Gasteiger charge is -2.20. The second-order valence-corrected chi connectivity index (χ2v) is 8.85. The van der Waals surface area contributed by atoms with Crippen molar-refractivity contribution >= 4 is 21.6 Å². The minimum atomic E-state index is -3.65. The molecule has 0 heterocycles. The Morgan fingerprint density at radius 2 is 1.48 bits per heavy atom. The fourth-order valence-corrected chi connectivity index (χ4v) is 4.36. The van der Waals surface area contributed by atoms with E-state index in [0.29, 0.717) is 11.3 Å². The molecule has 3 aromatic carbocycles. The number of carbonyl (C=O) groups is 1. The van der Waals surface area contributed by atoms with Gasteiger partial charge in [-0.3, -0.25) is 9.10 Å². The molecule has 0 spiro atoms. The average molecular weight is 409 g/mol. The minimum Gasteiger partial charge on any atom is -0.346 e. The number of rotatable bonds is 6. The number of hydrogen-bond donors (Lipinski definition) is 1. The van der Waals surface area contributed by atoms with Crippen LogP contribution in [0.25, 0.3) is 0 Å². The van der Waals surface area contributed by atoms with Crippen molar-refractivity contribution in [2.45, 2.75) is 24.8 Å². The second-order valence-electron chi connectivity index (χ2n) is 6.88. The molecule has 0 bridgehead atoms. The number of aryl methyl sites for hydroxylation is 1. The lowest BCUT2D eigenvalue weighted by atomic mass is 10.0. The lowest BCUT2D eigenvalue weighted by molar-refractivity contribution is 0.0940. The molecule has 0 unspecified atom stereocenters. The van der Waals surface area contributed by atoms with Gasteiger partial charge in [0.15, 0.2) is 0 Å². The first-order valence-corrected chi connectivity index (χ1v) is 10.7. The van der Waals surface area contributed by atoms with E-state index in [0.717, 1.165) is 11.1 Å². The molecule has 3 rings (SSSR count). The first kappa shape index (κ1) is 20.6. The van der Waals surface area contributed by atoms with E-state index in [2.05, 4.69) is 5.32 Å². The summed E-state index contributed by atoms with van der Waals surface area (Å²) in [4.78, 5) is 12.8. The van der Waals surface area contributed by atoms with E-state index in [1.807, 2.05) is 38.1 Å². The molecule has 0 radical (unpaired) electrons. The molecule has 0 aliphatic heterocycles. The third kappa shape index (κ3) is 4.49. The SMILES string of the molecule is Cc1ccccc1[C@@H](C)NC(=O)c1ccc(N(C)S(=O)(=O)c2ccccc2)cc1. The molecule has 0 aliphatic rings. The molecule has 29 heavy (non-hydrogen) atoms. The molecule has 5 nitrogen and oxygen atoms in total. The van der Waals surface area contributed by atoms with Crippen LogP contribution in [-0.4, -0.2) is 21.4 Å². The number of hydrogen-bond acceptors (Lipinski definition) is 3. The van der Waals surface area contributed by atoms with Crippen LogP contribution in [0.3, 0.4) is 0 Å². The topological polar surface area (TPSA) is 66.5 Å². The molecule has 0 saturated carbocycles. The molecule has 1 amide bonds. The molecule has 1 atom stereocenters. The van der Waals surface area contributed by atoms with Crippen molar-refractivity contribution in [1.29, 1.82) is 0 Å². The van der Waals surface area contributed by atoms with Gasteiger partial charge in [-0.2, -0.15) is 0 Å². The Balaban J connectivity index is 1.74. The van der Waals surface area contributed by atoms with Gasteiger partial charge in [-0.15, -0.1) is 0 Å². The summed E-state index contributed by atoms with van der Waals surface area (Å²) in [6.07, 6.45) is 0. The second kappa shape index (κ2) is 8.49. The summed E-state index contributed by atoms with van der Waals surface area (Å²) in [5.41, 5.74) is 3.13. The number of anilines is 1. The van der Waals surface area contributed by atoms with Crippen molar-refractivity contribution in [1.82, 2.24) is 5.32 Å². The van der Waals surface area contributed by atoms with Gasteiger partial charge in [0.05, 0.1) is 16.6 Å². The predicted octanol–water partition coefficient (Wildman–Crippen LogP) is 4.31. The Labute approximate surface area is 172 Å². The molecular weight excluding hydrogens is 384 g/mol. The average Bonchev–Trinajstić information content (AvgIpc) is 2.74. The first-order valence-electron chi connectivity index (χ1n) is 9.31. The maximum atomic E-state index is 12.7. The fraction of sp³-hybridized carbons (Fsp3) is 0.174. The number of carbonyl (C=O) groups excluding carboxylic acids is 1. The molecule has 0 saturated heterocycles. The van der Waals surface area contributed by atoms with E-state index in [1.165, 1.54) is 11.4 Å². The number of nitrogens with zero attached hydrogens (tertiary/aromatic N) is 1. The summed E-state index contributed by atoms with van der Waals surface area (Å²) < 4.78 is 26.7. The molecule has 0 fully saturated rings. The number of amides is 1. The highest BCUT2D eigenvalue weighted by molar-refractivity contribution is 7.92. The molecule has 3 aromatic rings. The molecular formula is C23H24N2O3S. The van der Waals surface area contributed by atoms with Crippen molar-refractivity contribution in [2.24, 2.45) is 0 Å². The van der Waals surface area contributed by atoms with Gasteiger partial charge in [0.1, 0.15) is 0 Å². The van der Waals surface area contributed by atoms with Crippen LogP contribution in [0.4, 0.5) is 5.69 Å². The van der Waals surface area contributed by atoms with Gasteiger partial charge in [0.25, 0.3) is 15.9 Å². The van der Waals surface area contributed by atoms with Crippen LogP contribution in [0.15, 0.2) is 83.8 Å². The van der Waals surface area contributed by atoms with Gasteiger partial charge >= 0.3 is 0 Å². The fourth-order valence-electron chi connectivity index (χ4n) is 3.14. The Morgan fingerprint density at radius 3 is 2.10 bits per heavy atom. The van der Waals surface area contributed by atoms with Crippen LogP contribution in [0.1, 0.15) is 34.5 Å².